The molecule has 2 amide bonds. The predicted molar refractivity (Wildman–Crippen MR) is 82.6 cm³/mol. The molecule has 0 atom stereocenters. The van der Waals surface area contributed by atoms with E-state index in [4.69, 9.17) is 0 Å². The van der Waals surface area contributed by atoms with E-state index < -0.39 is 0 Å². The van der Waals surface area contributed by atoms with Crippen LogP contribution in [0.2, 0.25) is 0 Å². The zero-order chi connectivity index (χ0) is 14.8. The third-order valence-corrected chi connectivity index (χ3v) is 4.10. The van der Waals surface area contributed by atoms with Gasteiger partial charge in [0, 0.05) is 18.8 Å². The van der Waals surface area contributed by atoms with Crippen LogP contribution in [0, 0.1) is 0 Å². The highest BCUT2D eigenvalue weighted by atomic mass is 16.2. The summed E-state index contributed by atoms with van der Waals surface area (Å²) in [5, 5.41) is 5.83. The summed E-state index contributed by atoms with van der Waals surface area (Å²) < 4.78 is 1.54. The average Bonchev–Trinajstić information content (AvgIpc) is 2.74. The number of H-pyrrole nitrogens is 1. The first-order chi connectivity index (χ1) is 10.1. The monoisotopic (exact) mass is 288 g/mol. The van der Waals surface area contributed by atoms with Gasteiger partial charge in [-0.05, 0) is 31.0 Å². The molecule has 6 heteroatoms. The van der Waals surface area contributed by atoms with Gasteiger partial charge in [-0.2, -0.15) is 0 Å². The van der Waals surface area contributed by atoms with Crippen LogP contribution in [0.5, 0.6) is 0 Å². The lowest BCUT2D eigenvalue weighted by Crippen LogP contribution is -2.38. The maximum absolute atomic E-state index is 12.0. The Bertz CT molecular complexity index is 710. The molecule has 3 N–H and O–H groups in total. The van der Waals surface area contributed by atoms with Crippen molar-refractivity contribution in [1.82, 2.24) is 14.9 Å². The molecular weight excluding hydrogens is 268 g/mol. The van der Waals surface area contributed by atoms with Crippen molar-refractivity contribution >= 4 is 22.8 Å². The molecular formula is C15H20N4O2. The van der Waals surface area contributed by atoms with Crippen molar-refractivity contribution < 1.29 is 4.79 Å². The van der Waals surface area contributed by atoms with Gasteiger partial charge >= 0.3 is 11.7 Å². The number of carbonyl (C=O) groups is 1. The summed E-state index contributed by atoms with van der Waals surface area (Å²) >= 11 is 0. The van der Waals surface area contributed by atoms with Gasteiger partial charge in [0.1, 0.15) is 0 Å². The average molecular weight is 288 g/mol. The molecule has 3 rings (SSSR count). The van der Waals surface area contributed by atoms with Crippen LogP contribution in [0.1, 0.15) is 32.1 Å². The van der Waals surface area contributed by atoms with Crippen LogP contribution in [-0.4, -0.2) is 21.6 Å². The zero-order valence-corrected chi connectivity index (χ0v) is 12.1. The second kappa shape index (κ2) is 5.63. The predicted octanol–water partition coefficient (Wildman–Crippen LogP) is 2.32. The molecule has 21 heavy (non-hydrogen) atoms. The molecule has 1 aromatic carbocycles. The highest BCUT2D eigenvalue weighted by molar-refractivity contribution is 5.92. The summed E-state index contributed by atoms with van der Waals surface area (Å²) in [4.78, 5) is 26.3. The first-order valence-corrected chi connectivity index (χ1v) is 7.40. The minimum atomic E-state index is -0.181. The van der Waals surface area contributed by atoms with E-state index in [1.54, 1.807) is 23.7 Å². The zero-order valence-electron chi connectivity index (χ0n) is 12.1. The number of hydrogen-bond acceptors (Lipinski definition) is 2. The van der Waals surface area contributed by atoms with Crippen molar-refractivity contribution in [2.24, 2.45) is 7.05 Å². The second-order valence-electron chi connectivity index (χ2n) is 5.65. The summed E-state index contributed by atoms with van der Waals surface area (Å²) in [6.07, 6.45) is 5.74. The second-order valence-corrected chi connectivity index (χ2v) is 5.65. The van der Waals surface area contributed by atoms with Gasteiger partial charge in [0.2, 0.25) is 0 Å². The fraction of sp³-hybridized carbons (Fsp3) is 0.467. The molecule has 0 unspecified atom stereocenters. The number of benzene rings is 1. The van der Waals surface area contributed by atoms with E-state index in [0.717, 1.165) is 23.9 Å². The number of rotatable bonds is 2. The first kappa shape index (κ1) is 13.7. The third kappa shape index (κ3) is 2.94. The molecule has 1 aromatic heterocycles. The molecule has 0 spiro atoms. The van der Waals surface area contributed by atoms with Crippen molar-refractivity contribution in [3.63, 3.8) is 0 Å². The number of aromatic amines is 1. The van der Waals surface area contributed by atoms with Gasteiger partial charge in [0.25, 0.3) is 0 Å². The van der Waals surface area contributed by atoms with Crippen LogP contribution in [0.15, 0.2) is 23.0 Å². The molecule has 0 radical (unpaired) electrons. The number of hydrogen-bond donors (Lipinski definition) is 3. The maximum atomic E-state index is 12.0. The van der Waals surface area contributed by atoms with Gasteiger partial charge in [-0.3, -0.25) is 4.57 Å². The Kier molecular flexibility index (Phi) is 3.68. The Morgan fingerprint density at radius 2 is 2.05 bits per heavy atom. The van der Waals surface area contributed by atoms with Crippen molar-refractivity contribution in [3.05, 3.63) is 28.7 Å². The fourth-order valence-corrected chi connectivity index (χ4v) is 2.91. The number of fused-ring (bicyclic) bond motifs is 1. The fourth-order valence-electron chi connectivity index (χ4n) is 2.91. The molecule has 1 saturated carbocycles. The first-order valence-electron chi connectivity index (χ1n) is 7.40. The summed E-state index contributed by atoms with van der Waals surface area (Å²) in [7, 11) is 1.71. The Morgan fingerprint density at radius 3 is 2.81 bits per heavy atom. The highest BCUT2D eigenvalue weighted by Gasteiger charge is 2.15. The molecule has 1 heterocycles. The van der Waals surface area contributed by atoms with Gasteiger partial charge in [-0.1, -0.05) is 19.3 Å². The Hall–Kier alpha value is -2.24. The molecule has 0 aliphatic heterocycles. The van der Waals surface area contributed by atoms with Gasteiger partial charge in [0.05, 0.1) is 11.0 Å². The van der Waals surface area contributed by atoms with Crippen LogP contribution >= 0.6 is 0 Å². The number of amides is 2. The molecule has 1 aliphatic rings. The lowest BCUT2D eigenvalue weighted by Gasteiger charge is -2.22. The largest absolute Gasteiger partial charge is 0.335 e. The van der Waals surface area contributed by atoms with Gasteiger partial charge < -0.3 is 15.6 Å². The Labute approximate surface area is 122 Å². The van der Waals surface area contributed by atoms with Gasteiger partial charge in [-0.25, -0.2) is 9.59 Å². The minimum absolute atomic E-state index is 0.159. The van der Waals surface area contributed by atoms with Crippen LogP contribution < -0.4 is 16.3 Å². The van der Waals surface area contributed by atoms with Gasteiger partial charge in [0.15, 0.2) is 0 Å². The van der Waals surface area contributed by atoms with Crippen molar-refractivity contribution in [2.75, 3.05) is 5.32 Å². The molecule has 0 saturated heterocycles. The number of carbonyl (C=O) groups excluding carboxylic acids is 1. The van der Waals surface area contributed by atoms with E-state index in [1.165, 1.54) is 19.3 Å². The summed E-state index contributed by atoms with van der Waals surface area (Å²) in [5.41, 5.74) is 2.06. The molecule has 6 nitrogen and oxygen atoms in total. The summed E-state index contributed by atoms with van der Waals surface area (Å²) in [5.74, 6) is 0. The third-order valence-electron chi connectivity index (χ3n) is 4.10. The number of urea groups is 1. The number of anilines is 1. The number of nitrogens with one attached hydrogen (secondary N) is 3. The van der Waals surface area contributed by atoms with Crippen molar-refractivity contribution in [3.8, 4) is 0 Å². The molecule has 0 bridgehead atoms. The van der Waals surface area contributed by atoms with Crippen molar-refractivity contribution in [1.29, 1.82) is 0 Å². The maximum Gasteiger partial charge on any atom is 0.326 e. The number of imidazole rings is 1. The topological polar surface area (TPSA) is 78.9 Å². The number of nitrogens with zero attached hydrogens (tertiary/aromatic N) is 1. The van der Waals surface area contributed by atoms with Crippen LogP contribution in [-0.2, 0) is 7.05 Å². The van der Waals surface area contributed by atoms with E-state index in [2.05, 4.69) is 15.6 Å². The van der Waals surface area contributed by atoms with E-state index in [0.29, 0.717) is 5.69 Å². The Balaban J connectivity index is 1.69. The van der Waals surface area contributed by atoms with E-state index >= 15 is 0 Å². The Morgan fingerprint density at radius 1 is 1.29 bits per heavy atom. The smallest absolute Gasteiger partial charge is 0.326 e. The summed E-state index contributed by atoms with van der Waals surface area (Å²) in [6.45, 7) is 0. The number of aromatic nitrogens is 2. The number of aryl methyl sites for hydroxylation is 1. The van der Waals surface area contributed by atoms with Gasteiger partial charge in [-0.15, -0.1) is 0 Å². The SMILES string of the molecule is Cn1c(=O)[nH]c2cc(NC(=O)NC3CCCCC3)ccc21. The van der Waals surface area contributed by atoms with E-state index in [1.807, 2.05) is 6.07 Å². The molecule has 1 aliphatic carbocycles. The standard InChI is InChI=1S/C15H20N4O2/c1-19-13-8-7-11(9-12(13)18-15(19)21)17-14(20)16-10-5-3-2-4-6-10/h7-10H,2-6H2,1H3,(H,18,21)(H2,16,17,20). The molecule has 1 fully saturated rings. The molecule has 112 valence electrons. The highest BCUT2D eigenvalue weighted by Crippen LogP contribution is 2.18. The van der Waals surface area contributed by atoms with E-state index in [9.17, 15) is 9.59 Å². The van der Waals surface area contributed by atoms with E-state index in [-0.39, 0.29) is 17.8 Å². The summed E-state index contributed by atoms with van der Waals surface area (Å²) in [6, 6.07) is 5.50. The quantitative estimate of drug-likeness (QED) is 0.793. The minimum Gasteiger partial charge on any atom is -0.335 e. The lowest BCUT2D eigenvalue weighted by molar-refractivity contribution is 0.244. The van der Waals surface area contributed by atoms with Crippen molar-refractivity contribution in [2.45, 2.75) is 38.1 Å². The normalized spacial score (nSPS) is 16.0. The van der Waals surface area contributed by atoms with Crippen LogP contribution in [0.3, 0.4) is 0 Å². The lowest BCUT2D eigenvalue weighted by atomic mass is 9.96. The van der Waals surface area contributed by atoms with Crippen LogP contribution in [0.4, 0.5) is 10.5 Å². The molecule has 2 aromatic rings. The van der Waals surface area contributed by atoms with Crippen LogP contribution in [0.25, 0.3) is 11.0 Å².